The molecule has 0 aliphatic carbocycles. The molecule has 4 N–H and O–H groups in total. The summed E-state index contributed by atoms with van der Waals surface area (Å²) in [6.07, 6.45) is 0.496. The number of amides is 5. The van der Waals surface area contributed by atoms with Crippen molar-refractivity contribution in [1.82, 2.24) is 26.2 Å². The van der Waals surface area contributed by atoms with Crippen LogP contribution in [0.3, 0.4) is 0 Å². The molecule has 0 radical (unpaired) electrons. The van der Waals surface area contributed by atoms with Crippen LogP contribution in [0.1, 0.15) is 32.8 Å². The number of rotatable bonds is 13. The molecule has 1 aliphatic rings. The van der Waals surface area contributed by atoms with Gasteiger partial charge in [-0.3, -0.25) is 28.9 Å². The van der Waals surface area contributed by atoms with Crippen LogP contribution in [0.25, 0.3) is 0 Å². The zero-order chi connectivity index (χ0) is 28.2. The van der Waals surface area contributed by atoms with Crippen LogP contribution >= 0.6 is 24.0 Å². The van der Waals surface area contributed by atoms with E-state index in [4.69, 9.17) is 12.2 Å². The molecule has 1 aromatic carbocycles. The monoisotopic (exact) mass is 561 g/mol. The van der Waals surface area contributed by atoms with Gasteiger partial charge >= 0.3 is 0 Å². The molecule has 5 amide bonds. The average molecular weight is 562 g/mol. The summed E-state index contributed by atoms with van der Waals surface area (Å²) in [4.78, 5) is 64.5. The molecule has 0 saturated carbocycles. The molecule has 38 heavy (non-hydrogen) atoms. The van der Waals surface area contributed by atoms with E-state index in [0.717, 1.165) is 11.3 Å². The average Bonchev–Trinajstić information content (AvgIpc) is 3.30. The topological polar surface area (TPSA) is 137 Å². The van der Waals surface area contributed by atoms with Crippen molar-refractivity contribution in [2.45, 2.75) is 45.7 Å². The Morgan fingerprint density at radius 1 is 1.00 bits per heavy atom. The fraction of sp³-hybridized carbons (Fsp3) is 0.462. The first-order valence-corrected chi connectivity index (χ1v) is 13.7. The molecule has 12 heteroatoms. The molecule has 0 aromatic heterocycles. The highest BCUT2D eigenvalue weighted by atomic mass is 32.2. The van der Waals surface area contributed by atoms with E-state index in [-0.39, 0.29) is 36.9 Å². The molecule has 2 rings (SSSR count). The third-order valence-electron chi connectivity index (χ3n) is 5.55. The van der Waals surface area contributed by atoms with Gasteiger partial charge in [-0.1, -0.05) is 74.7 Å². The zero-order valence-corrected chi connectivity index (χ0v) is 23.5. The Labute approximate surface area is 232 Å². The molecule has 10 nitrogen and oxygen atoms in total. The highest BCUT2D eigenvalue weighted by Crippen LogP contribution is 2.17. The SMILES string of the molecule is C=C(C)C(=O)NCC(=O)NC(Cc1ccccc1)C(=O)NC(CC(C)C)C(=O)NCC(=O)N1CCSC1=S. The molecule has 1 aliphatic heterocycles. The second-order valence-corrected chi connectivity index (χ2v) is 11.1. The van der Waals surface area contributed by atoms with Gasteiger partial charge in [-0.05, 0) is 24.8 Å². The maximum atomic E-state index is 13.3. The lowest BCUT2D eigenvalue weighted by Crippen LogP contribution is -2.56. The number of thiocarbonyl (C=S) groups is 1. The molecular formula is C26H35N5O5S2. The van der Waals surface area contributed by atoms with Crippen LogP contribution in [-0.4, -0.2) is 76.2 Å². The van der Waals surface area contributed by atoms with Gasteiger partial charge in [0.15, 0.2) is 0 Å². The molecule has 2 unspecified atom stereocenters. The Bertz CT molecular complexity index is 1060. The predicted octanol–water partition coefficient (Wildman–Crippen LogP) is 0.914. The Morgan fingerprint density at radius 3 is 2.26 bits per heavy atom. The summed E-state index contributed by atoms with van der Waals surface area (Å²) in [5.41, 5.74) is 1.05. The number of hydrogen-bond acceptors (Lipinski definition) is 7. The van der Waals surface area contributed by atoms with E-state index in [1.807, 2.05) is 44.2 Å². The van der Waals surface area contributed by atoms with Gasteiger partial charge in [-0.15, -0.1) is 0 Å². The summed E-state index contributed by atoms with van der Waals surface area (Å²) >= 11 is 6.57. The van der Waals surface area contributed by atoms with Crippen LogP contribution in [0.2, 0.25) is 0 Å². The number of benzene rings is 1. The predicted molar refractivity (Wildman–Crippen MR) is 151 cm³/mol. The standard InChI is InChI=1S/C26H35N5O5S2/c1-16(2)12-19(24(35)28-15-22(33)31-10-11-38-26(31)37)30-25(36)20(13-18-8-6-5-7-9-18)29-21(32)14-27-23(34)17(3)4/h5-9,16,19-20H,3,10-15H2,1-2,4H3,(H,27,34)(H,28,35)(H,29,32)(H,30,36). The van der Waals surface area contributed by atoms with Crippen LogP contribution in [0.5, 0.6) is 0 Å². The van der Waals surface area contributed by atoms with Gasteiger partial charge in [0.05, 0.1) is 13.1 Å². The largest absolute Gasteiger partial charge is 0.345 e. The maximum Gasteiger partial charge on any atom is 0.247 e. The number of hydrogen-bond donors (Lipinski definition) is 4. The Kier molecular flexibility index (Phi) is 12.4. The first-order valence-electron chi connectivity index (χ1n) is 12.3. The summed E-state index contributed by atoms with van der Waals surface area (Å²) in [5.74, 6) is -1.63. The van der Waals surface area contributed by atoms with Gasteiger partial charge in [0, 0.05) is 24.3 Å². The van der Waals surface area contributed by atoms with Gasteiger partial charge in [-0.25, -0.2) is 0 Å². The fourth-order valence-corrected chi connectivity index (χ4v) is 4.83. The molecule has 0 bridgehead atoms. The number of nitrogens with one attached hydrogen (secondary N) is 4. The van der Waals surface area contributed by atoms with Crippen LogP contribution < -0.4 is 21.3 Å². The van der Waals surface area contributed by atoms with Crippen LogP contribution in [0, 0.1) is 5.92 Å². The number of nitrogens with zero attached hydrogens (tertiary/aromatic N) is 1. The van der Waals surface area contributed by atoms with Crippen molar-refractivity contribution in [3.05, 3.63) is 48.0 Å². The molecule has 1 fully saturated rings. The number of carbonyl (C=O) groups is 5. The summed E-state index contributed by atoms with van der Waals surface area (Å²) in [7, 11) is 0. The third kappa shape index (κ3) is 10.3. The molecule has 1 saturated heterocycles. The number of thioether (sulfide) groups is 1. The van der Waals surface area contributed by atoms with Crippen molar-refractivity contribution in [2.24, 2.45) is 5.92 Å². The zero-order valence-electron chi connectivity index (χ0n) is 21.9. The van der Waals surface area contributed by atoms with E-state index >= 15 is 0 Å². The van der Waals surface area contributed by atoms with Crippen molar-refractivity contribution < 1.29 is 24.0 Å². The van der Waals surface area contributed by atoms with Gasteiger partial charge in [0.25, 0.3) is 0 Å². The van der Waals surface area contributed by atoms with E-state index < -0.39 is 35.7 Å². The van der Waals surface area contributed by atoms with Gasteiger partial charge in [0.2, 0.25) is 29.5 Å². The molecular weight excluding hydrogens is 526 g/mol. The van der Waals surface area contributed by atoms with Crippen molar-refractivity contribution in [3.8, 4) is 0 Å². The first kappa shape index (κ1) is 31.0. The normalized spacial score (nSPS) is 14.4. The van der Waals surface area contributed by atoms with Crippen LogP contribution in [0.4, 0.5) is 0 Å². The van der Waals surface area contributed by atoms with Gasteiger partial charge in [0.1, 0.15) is 16.4 Å². The van der Waals surface area contributed by atoms with E-state index in [2.05, 4.69) is 27.8 Å². The van der Waals surface area contributed by atoms with Crippen molar-refractivity contribution in [1.29, 1.82) is 0 Å². The van der Waals surface area contributed by atoms with E-state index in [0.29, 0.717) is 17.3 Å². The molecule has 1 heterocycles. The summed E-state index contributed by atoms with van der Waals surface area (Å²) in [6, 6.07) is 7.18. The van der Waals surface area contributed by atoms with Crippen molar-refractivity contribution in [3.63, 3.8) is 0 Å². The summed E-state index contributed by atoms with van der Waals surface area (Å²) in [6.45, 7) is 8.78. The minimum Gasteiger partial charge on any atom is -0.345 e. The summed E-state index contributed by atoms with van der Waals surface area (Å²) in [5, 5.41) is 10.4. The minimum absolute atomic E-state index is 0.0591. The second-order valence-electron chi connectivity index (χ2n) is 9.34. The van der Waals surface area contributed by atoms with Gasteiger partial charge < -0.3 is 21.3 Å². The maximum absolute atomic E-state index is 13.3. The molecule has 0 spiro atoms. The smallest absolute Gasteiger partial charge is 0.247 e. The first-order chi connectivity index (χ1) is 18.0. The highest BCUT2D eigenvalue weighted by molar-refractivity contribution is 8.23. The highest BCUT2D eigenvalue weighted by Gasteiger charge is 2.29. The van der Waals surface area contributed by atoms with Crippen LogP contribution in [0.15, 0.2) is 42.5 Å². The Morgan fingerprint density at radius 2 is 1.68 bits per heavy atom. The summed E-state index contributed by atoms with van der Waals surface area (Å²) < 4.78 is 0.482. The quantitative estimate of drug-likeness (QED) is 0.208. The lowest BCUT2D eigenvalue weighted by molar-refractivity contribution is -0.133. The van der Waals surface area contributed by atoms with E-state index in [9.17, 15) is 24.0 Å². The van der Waals surface area contributed by atoms with Crippen molar-refractivity contribution >= 4 is 57.8 Å². The molecule has 2 atom stereocenters. The minimum atomic E-state index is -1.00. The Balaban J connectivity index is 2.09. The van der Waals surface area contributed by atoms with Gasteiger partial charge in [-0.2, -0.15) is 0 Å². The number of carbonyl (C=O) groups excluding carboxylic acids is 5. The second kappa shape index (κ2) is 15.2. The lowest BCUT2D eigenvalue weighted by Gasteiger charge is -2.25. The fourth-order valence-electron chi connectivity index (χ4n) is 3.59. The molecule has 1 aromatic rings. The van der Waals surface area contributed by atoms with E-state index in [1.165, 1.54) is 23.6 Å². The Hall–Kier alpha value is -3.25. The van der Waals surface area contributed by atoms with Crippen LogP contribution in [-0.2, 0) is 30.4 Å². The third-order valence-corrected chi connectivity index (χ3v) is 6.98. The van der Waals surface area contributed by atoms with Crippen molar-refractivity contribution in [2.75, 3.05) is 25.4 Å². The van der Waals surface area contributed by atoms with E-state index in [1.54, 1.807) is 0 Å². The lowest BCUT2D eigenvalue weighted by atomic mass is 10.0. The molecule has 206 valence electrons.